The number of aromatic nitrogens is 2. The summed E-state index contributed by atoms with van der Waals surface area (Å²) < 4.78 is 6.25. The fourth-order valence-corrected chi connectivity index (χ4v) is 5.14. The van der Waals surface area contributed by atoms with E-state index in [2.05, 4.69) is 20.6 Å². The molecule has 2 aromatic heterocycles. The lowest BCUT2D eigenvalue weighted by Crippen LogP contribution is -2.46. The molecule has 7 nitrogen and oxygen atoms in total. The molecule has 0 radical (unpaired) electrons. The van der Waals surface area contributed by atoms with E-state index in [0.717, 1.165) is 20.8 Å². The van der Waals surface area contributed by atoms with Crippen molar-refractivity contribution in [3.05, 3.63) is 63.9 Å². The van der Waals surface area contributed by atoms with Crippen LogP contribution in [0.5, 0.6) is 0 Å². The van der Waals surface area contributed by atoms with E-state index in [1.54, 1.807) is 42.5 Å². The van der Waals surface area contributed by atoms with Gasteiger partial charge in [-0.25, -0.2) is 19.6 Å². The minimum absolute atomic E-state index is 0.228. The quantitative estimate of drug-likeness (QED) is 0.323. The molecule has 1 atom stereocenters. The van der Waals surface area contributed by atoms with Crippen molar-refractivity contribution in [1.82, 2.24) is 20.6 Å². The van der Waals surface area contributed by atoms with Gasteiger partial charge in [-0.15, -0.1) is 11.3 Å². The summed E-state index contributed by atoms with van der Waals surface area (Å²) >= 11 is 8.98. The average Bonchev–Trinajstić information content (AvgIpc) is 3.22. The molecule has 0 spiro atoms. The number of rotatable bonds is 6. The summed E-state index contributed by atoms with van der Waals surface area (Å²) in [5, 5.41) is 8.90. The van der Waals surface area contributed by atoms with E-state index in [-0.39, 0.29) is 12.6 Å². The second kappa shape index (κ2) is 9.03. The Morgan fingerprint density at radius 2 is 2.07 bits per heavy atom. The Balaban J connectivity index is 1.70. The zero-order chi connectivity index (χ0) is 21.1. The standard InChI is InChI=1S/C20H17ClN4O3S2/c1-2-28-19(26)15-14(9-30-18-17-13(7-8-29-17)22-10-23-18)24-20(27)25-16(15)11-3-5-12(21)6-4-11/h3-8,10,16H,2,9H2,1H3,(H2,24,25,27). The van der Waals surface area contributed by atoms with Crippen molar-refractivity contribution in [2.24, 2.45) is 0 Å². The van der Waals surface area contributed by atoms with Gasteiger partial charge in [0.1, 0.15) is 11.4 Å². The third-order valence-electron chi connectivity index (χ3n) is 4.42. The highest BCUT2D eigenvalue weighted by molar-refractivity contribution is 7.99. The van der Waals surface area contributed by atoms with E-state index in [4.69, 9.17) is 16.3 Å². The molecule has 0 aliphatic carbocycles. The van der Waals surface area contributed by atoms with E-state index >= 15 is 0 Å². The number of fused-ring (bicyclic) bond motifs is 1. The second-order valence-corrected chi connectivity index (χ2v) is 8.61. The van der Waals surface area contributed by atoms with E-state index < -0.39 is 12.0 Å². The second-order valence-electron chi connectivity index (χ2n) is 6.30. The van der Waals surface area contributed by atoms with Gasteiger partial charge in [-0.1, -0.05) is 35.5 Å². The van der Waals surface area contributed by atoms with Crippen molar-refractivity contribution >= 4 is 56.9 Å². The van der Waals surface area contributed by atoms with Crippen molar-refractivity contribution in [3.63, 3.8) is 0 Å². The number of hydrogen-bond donors (Lipinski definition) is 2. The lowest BCUT2D eigenvalue weighted by atomic mass is 9.95. The number of thiophene rings is 1. The molecule has 3 aromatic rings. The van der Waals surface area contributed by atoms with Gasteiger partial charge in [-0.2, -0.15) is 0 Å². The maximum absolute atomic E-state index is 12.8. The van der Waals surface area contributed by atoms with Crippen molar-refractivity contribution in [1.29, 1.82) is 0 Å². The van der Waals surface area contributed by atoms with Crippen LogP contribution < -0.4 is 10.6 Å². The van der Waals surface area contributed by atoms with Crippen LogP contribution in [-0.4, -0.2) is 34.3 Å². The number of thioether (sulfide) groups is 1. The molecule has 30 heavy (non-hydrogen) atoms. The maximum atomic E-state index is 12.8. The molecular weight excluding hydrogens is 444 g/mol. The van der Waals surface area contributed by atoms with Crippen LogP contribution in [0.25, 0.3) is 10.2 Å². The average molecular weight is 461 g/mol. The summed E-state index contributed by atoms with van der Waals surface area (Å²) in [6.07, 6.45) is 1.51. The first-order valence-electron chi connectivity index (χ1n) is 9.11. The number of halogens is 1. The molecular formula is C20H17ClN4O3S2. The molecule has 0 saturated carbocycles. The third kappa shape index (κ3) is 4.28. The van der Waals surface area contributed by atoms with Gasteiger partial charge in [0.15, 0.2) is 0 Å². The number of hydrogen-bond acceptors (Lipinski definition) is 7. The maximum Gasteiger partial charge on any atom is 0.338 e. The number of nitrogens with one attached hydrogen (secondary N) is 2. The number of amides is 2. The van der Waals surface area contributed by atoms with Gasteiger partial charge in [-0.3, -0.25) is 0 Å². The number of carbonyl (C=O) groups is 2. The largest absolute Gasteiger partial charge is 0.463 e. The first-order chi connectivity index (χ1) is 14.6. The van der Waals surface area contributed by atoms with Crippen LogP contribution in [-0.2, 0) is 9.53 Å². The van der Waals surface area contributed by atoms with Crippen LogP contribution in [0, 0.1) is 0 Å². The molecule has 3 heterocycles. The van der Waals surface area contributed by atoms with Crippen LogP contribution in [0.3, 0.4) is 0 Å². The molecule has 154 valence electrons. The minimum atomic E-state index is -0.641. The lowest BCUT2D eigenvalue weighted by Gasteiger charge is -2.29. The van der Waals surface area contributed by atoms with Gasteiger partial charge in [0, 0.05) is 16.5 Å². The number of carbonyl (C=O) groups excluding carboxylic acids is 2. The summed E-state index contributed by atoms with van der Waals surface area (Å²) in [4.78, 5) is 33.8. The monoisotopic (exact) mass is 460 g/mol. The van der Waals surface area contributed by atoms with E-state index in [9.17, 15) is 9.59 Å². The number of nitrogens with zero attached hydrogens (tertiary/aromatic N) is 2. The number of esters is 1. The Labute approximate surface area is 185 Å². The van der Waals surface area contributed by atoms with E-state index in [0.29, 0.717) is 22.0 Å². The predicted molar refractivity (Wildman–Crippen MR) is 118 cm³/mol. The van der Waals surface area contributed by atoms with Gasteiger partial charge >= 0.3 is 12.0 Å². The highest BCUT2D eigenvalue weighted by atomic mass is 35.5. The Kier molecular flexibility index (Phi) is 6.21. The van der Waals surface area contributed by atoms with Crippen molar-refractivity contribution < 1.29 is 14.3 Å². The number of ether oxygens (including phenoxy) is 1. The molecule has 0 saturated heterocycles. The molecule has 10 heteroatoms. The molecule has 1 unspecified atom stereocenters. The topological polar surface area (TPSA) is 93.2 Å². The van der Waals surface area contributed by atoms with Gasteiger partial charge in [0.2, 0.25) is 0 Å². The zero-order valence-corrected chi connectivity index (χ0v) is 18.2. The summed E-state index contributed by atoms with van der Waals surface area (Å²) in [6.45, 7) is 1.97. The molecule has 0 fully saturated rings. The van der Waals surface area contributed by atoms with Gasteiger partial charge in [0.05, 0.1) is 28.4 Å². The van der Waals surface area contributed by atoms with Gasteiger partial charge < -0.3 is 15.4 Å². The van der Waals surface area contributed by atoms with Crippen LogP contribution in [0.4, 0.5) is 4.79 Å². The Bertz CT molecular complexity index is 1130. The summed E-state index contributed by atoms with van der Waals surface area (Å²) in [5.41, 5.74) is 2.46. The van der Waals surface area contributed by atoms with Gasteiger partial charge in [-0.05, 0) is 36.1 Å². The molecule has 1 aromatic carbocycles. The number of urea groups is 1. The van der Waals surface area contributed by atoms with Crippen molar-refractivity contribution in [2.75, 3.05) is 12.4 Å². The Hall–Kier alpha value is -2.62. The van der Waals surface area contributed by atoms with Crippen molar-refractivity contribution in [3.8, 4) is 0 Å². The molecule has 2 N–H and O–H groups in total. The lowest BCUT2D eigenvalue weighted by molar-refractivity contribution is -0.139. The molecule has 4 rings (SSSR count). The molecule has 1 aliphatic rings. The predicted octanol–water partition coefficient (Wildman–Crippen LogP) is 4.31. The Morgan fingerprint density at radius 1 is 1.27 bits per heavy atom. The fourth-order valence-electron chi connectivity index (χ4n) is 3.10. The molecule has 1 aliphatic heterocycles. The number of benzene rings is 1. The van der Waals surface area contributed by atoms with Crippen LogP contribution in [0.15, 0.2) is 58.3 Å². The Morgan fingerprint density at radius 3 is 2.83 bits per heavy atom. The van der Waals surface area contributed by atoms with E-state index in [1.807, 2.05) is 11.4 Å². The molecule has 0 bridgehead atoms. The third-order valence-corrected chi connectivity index (χ3v) is 6.72. The van der Waals surface area contributed by atoms with Crippen molar-refractivity contribution in [2.45, 2.75) is 18.0 Å². The first-order valence-corrected chi connectivity index (χ1v) is 11.3. The minimum Gasteiger partial charge on any atom is -0.463 e. The van der Waals surface area contributed by atoms with Crippen LogP contribution in [0.2, 0.25) is 5.02 Å². The fraction of sp³-hybridized carbons (Fsp3) is 0.200. The van der Waals surface area contributed by atoms with Gasteiger partial charge in [0.25, 0.3) is 0 Å². The van der Waals surface area contributed by atoms with Crippen LogP contribution >= 0.6 is 34.7 Å². The summed E-state index contributed by atoms with van der Waals surface area (Å²) in [7, 11) is 0. The molecule has 2 amide bonds. The SMILES string of the molecule is CCOC(=O)C1=C(CSc2ncnc3ccsc23)NC(=O)NC1c1ccc(Cl)cc1. The summed E-state index contributed by atoms with van der Waals surface area (Å²) in [6, 6.07) is 7.90. The zero-order valence-electron chi connectivity index (χ0n) is 15.8. The van der Waals surface area contributed by atoms with Crippen LogP contribution in [0.1, 0.15) is 18.5 Å². The highest BCUT2D eigenvalue weighted by Crippen LogP contribution is 2.33. The smallest absolute Gasteiger partial charge is 0.338 e. The first kappa shape index (κ1) is 20.6. The van der Waals surface area contributed by atoms with E-state index in [1.165, 1.54) is 18.1 Å². The summed E-state index contributed by atoms with van der Waals surface area (Å²) in [5.74, 6) is -0.139. The normalized spacial score (nSPS) is 16.3. The highest BCUT2D eigenvalue weighted by Gasteiger charge is 2.33.